The monoisotopic (exact) mass is 406 g/mol. The van der Waals surface area contributed by atoms with E-state index in [1.165, 1.54) is 0 Å². The summed E-state index contributed by atoms with van der Waals surface area (Å²) in [6.45, 7) is 1.73. The fraction of sp³-hybridized carbons (Fsp3) is 0.318. The van der Waals surface area contributed by atoms with Crippen molar-refractivity contribution in [3.63, 3.8) is 0 Å². The van der Waals surface area contributed by atoms with Crippen LogP contribution in [0.5, 0.6) is 5.88 Å². The van der Waals surface area contributed by atoms with Crippen LogP contribution in [-0.2, 0) is 4.79 Å². The van der Waals surface area contributed by atoms with Gasteiger partial charge < -0.3 is 14.5 Å². The largest absolute Gasteiger partial charge is 0.474 e. The lowest BCUT2D eigenvalue weighted by molar-refractivity contribution is -0.128. The number of fused-ring (bicyclic) bond motifs is 1. The lowest BCUT2D eigenvalue weighted by Gasteiger charge is -2.15. The van der Waals surface area contributed by atoms with Crippen molar-refractivity contribution in [3.05, 3.63) is 46.3 Å². The van der Waals surface area contributed by atoms with E-state index in [4.69, 9.17) is 4.74 Å². The molecule has 0 bridgehead atoms. The van der Waals surface area contributed by atoms with Crippen LogP contribution < -0.4 is 9.64 Å². The maximum absolute atomic E-state index is 11.8. The van der Waals surface area contributed by atoms with Gasteiger partial charge in [0, 0.05) is 49.1 Å². The third-order valence-electron chi connectivity index (χ3n) is 4.76. The van der Waals surface area contributed by atoms with E-state index < -0.39 is 0 Å². The number of nitrogens with zero attached hydrogens (tertiary/aromatic N) is 4. The molecule has 7 heteroatoms. The van der Waals surface area contributed by atoms with Gasteiger partial charge in [0.25, 0.3) is 0 Å². The topological polar surface area (TPSA) is 58.6 Å². The highest BCUT2D eigenvalue weighted by molar-refractivity contribution is 7.09. The summed E-state index contributed by atoms with van der Waals surface area (Å²) < 4.78 is 5.89. The van der Waals surface area contributed by atoms with Crippen LogP contribution in [0.25, 0.3) is 11.0 Å². The van der Waals surface area contributed by atoms with Gasteiger partial charge in [0.1, 0.15) is 17.6 Å². The first kappa shape index (κ1) is 19.2. The van der Waals surface area contributed by atoms with E-state index in [1.54, 1.807) is 11.3 Å². The highest BCUT2D eigenvalue weighted by atomic mass is 32.1. The second-order valence-corrected chi connectivity index (χ2v) is 7.79. The van der Waals surface area contributed by atoms with Crippen LogP contribution in [0.4, 0.5) is 5.69 Å². The predicted octanol–water partition coefficient (Wildman–Crippen LogP) is 3.16. The summed E-state index contributed by atoms with van der Waals surface area (Å²) in [5, 5.41) is 3.89. The number of carbonyl (C=O) groups is 1. The summed E-state index contributed by atoms with van der Waals surface area (Å²) in [5.41, 5.74) is 4.14. The van der Waals surface area contributed by atoms with Crippen LogP contribution in [0.15, 0.2) is 35.0 Å². The number of rotatable bonds is 5. The van der Waals surface area contributed by atoms with E-state index in [-0.39, 0.29) is 5.91 Å². The molecule has 3 aromatic rings. The molecule has 0 spiro atoms. The molecule has 1 aliphatic heterocycles. The van der Waals surface area contributed by atoms with Gasteiger partial charge in [-0.25, -0.2) is 9.97 Å². The van der Waals surface area contributed by atoms with Gasteiger partial charge in [0.15, 0.2) is 5.69 Å². The van der Waals surface area contributed by atoms with Gasteiger partial charge >= 0.3 is 0 Å². The van der Waals surface area contributed by atoms with Crippen molar-refractivity contribution in [2.75, 3.05) is 38.7 Å². The second-order valence-electron chi connectivity index (χ2n) is 7.04. The van der Waals surface area contributed by atoms with E-state index >= 15 is 0 Å². The molecule has 1 aliphatic rings. The summed E-state index contributed by atoms with van der Waals surface area (Å²) in [7, 11) is 4.01. The minimum Gasteiger partial charge on any atom is -0.474 e. The zero-order valence-corrected chi connectivity index (χ0v) is 17.3. The minimum absolute atomic E-state index is 0.189. The van der Waals surface area contributed by atoms with Crippen molar-refractivity contribution >= 4 is 34.0 Å². The highest BCUT2D eigenvalue weighted by Crippen LogP contribution is 2.22. The van der Waals surface area contributed by atoms with Crippen molar-refractivity contribution < 1.29 is 9.53 Å². The Hall–Kier alpha value is -3.11. The quantitative estimate of drug-likeness (QED) is 0.609. The lowest BCUT2D eigenvalue weighted by Crippen LogP contribution is -2.29. The van der Waals surface area contributed by atoms with Gasteiger partial charge in [-0.2, -0.15) is 0 Å². The Morgan fingerprint density at radius 2 is 1.90 bits per heavy atom. The lowest BCUT2D eigenvalue weighted by atomic mass is 10.2. The van der Waals surface area contributed by atoms with Gasteiger partial charge in [0.05, 0.1) is 6.54 Å². The summed E-state index contributed by atoms with van der Waals surface area (Å²) in [4.78, 5) is 24.8. The number of hydrogen-bond acceptors (Lipinski definition) is 6. The van der Waals surface area contributed by atoms with Crippen LogP contribution in [0, 0.1) is 11.8 Å². The number of anilines is 1. The Bertz CT molecular complexity index is 1080. The van der Waals surface area contributed by atoms with Gasteiger partial charge in [-0.3, -0.25) is 4.79 Å². The zero-order chi connectivity index (χ0) is 20.2. The molecule has 0 atom stereocenters. The van der Waals surface area contributed by atoms with Gasteiger partial charge in [-0.1, -0.05) is 5.92 Å². The van der Waals surface area contributed by atoms with Crippen molar-refractivity contribution in [1.29, 1.82) is 0 Å². The number of carbonyl (C=O) groups excluding carboxylic acids is 1. The number of amides is 1. The molecule has 2 aromatic heterocycles. The van der Waals surface area contributed by atoms with E-state index in [0.717, 1.165) is 35.2 Å². The highest BCUT2D eigenvalue weighted by Gasteiger charge is 2.20. The Morgan fingerprint density at radius 3 is 2.59 bits per heavy atom. The van der Waals surface area contributed by atoms with Crippen LogP contribution in [0.2, 0.25) is 0 Å². The molecule has 0 radical (unpaired) electrons. The molecule has 1 fully saturated rings. The molecule has 0 unspecified atom stereocenters. The normalized spacial score (nSPS) is 13.4. The third kappa shape index (κ3) is 4.49. The van der Waals surface area contributed by atoms with Crippen LogP contribution in [0.1, 0.15) is 24.1 Å². The molecular formula is C22H22N4O2S. The molecular weight excluding hydrogens is 384 g/mol. The van der Waals surface area contributed by atoms with Crippen molar-refractivity contribution in [2.24, 2.45) is 0 Å². The zero-order valence-electron chi connectivity index (χ0n) is 16.5. The number of thiophene rings is 1. The van der Waals surface area contributed by atoms with E-state index in [2.05, 4.69) is 21.8 Å². The fourth-order valence-electron chi connectivity index (χ4n) is 3.13. The van der Waals surface area contributed by atoms with Crippen LogP contribution in [-0.4, -0.2) is 54.6 Å². The number of likely N-dealkylation sites (tertiary alicyclic amines) is 1. The summed E-state index contributed by atoms with van der Waals surface area (Å²) in [5.74, 6) is 6.87. The number of benzene rings is 1. The van der Waals surface area contributed by atoms with Crippen LogP contribution in [0.3, 0.4) is 0 Å². The van der Waals surface area contributed by atoms with E-state index in [1.807, 2.05) is 58.9 Å². The summed E-state index contributed by atoms with van der Waals surface area (Å²) in [6.07, 6.45) is 1.55. The Labute approximate surface area is 174 Å². The second kappa shape index (κ2) is 8.50. The fourth-order valence-corrected chi connectivity index (χ4v) is 3.80. The molecule has 0 N–H and O–H groups in total. The number of aromatic nitrogens is 2. The summed E-state index contributed by atoms with van der Waals surface area (Å²) in [6, 6.07) is 8.03. The van der Waals surface area contributed by atoms with E-state index in [9.17, 15) is 4.79 Å². The Balaban J connectivity index is 1.54. The predicted molar refractivity (Wildman–Crippen MR) is 115 cm³/mol. The first-order chi connectivity index (χ1) is 14.1. The Morgan fingerprint density at radius 1 is 1.14 bits per heavy atom. The minimum atomic E-state index is 0.189. The number of ether oxygens (including phenoxy) is 1. The molecule has 0 saturated carbocycles. The molecule has 4 rings (SSSR count). The molecule has 1 aromatic carbocycles. The average molecular weight is 407 g/mol. The molecule has 6 nitrogen and oxygen atoms in total. The molecule has 3 heterocycles. The molecule has 1 amide bonds. The third-order valence-corrected chi connectivity index (χ3v) is 5.48. The molecule has 1 saturated heterocycles. The van der Waals surface area contributed by atoms with E-state index in [0.29, 0.717) is 31.1 Å². The van der Waals surface area contributed by atoms with Gasteiger partial charge in [-0.05, 0) is 36.6 Å². The average Bonchev–Trinajstić information content (AvgIpc) is 3.34. The van der Waals surface area contributed by atoms with Crippen LogP contribution >= 0.6 is 11.3 Å². The molecule has 0 aliphatic carbocycles. The first-order valence-electron chi connectivity index (χ1n) is 9.54. The van der Waals surface area contributed by atoms with Crippen molar-refractivity contribution in [2.45, 2.75) is 12.8 Å². The Kier molecular flexibility index (Phi) is 5.63. The smallest absolute Gasteiger partial charge is 0.249 e. The summed E-state index contributed by atoms with van der Waals surface area (Å²) >= 11 is 1.55. The molecule has 29 heavy (non-hydrogen) atoms. The van der Waals surface area contributed by atoms with Crippen molar-refractivity contribution in [1.82, 2.24) is 14.9 Å². The van der Waals surface area contributed by atoms with Gasteiger partial charge in [0.2, 0.25) is 11.8 Å². The first-order valence-corrected chi connectivity index (χ1v) is 10.5. The van der Waals surface area contributed by atoms with Gasteiger partial charge in [-0.15, -0.1) is 11.3 Å². The maximum atomic E-state index is 11.8. The maximum Gasteiger partial charge on any atom is 0.249 e. The van der Waals surface area contributed by atoms with Crippen molar-refractivity contribution in [3.8, 4) is 17.7 Å². The standard InChI is InChI=1S/C22H22N4O2S/c1-25(2)17-8-5-16(6-9-17)7-10-18-22(24-20-15-29-14-19(20)23-18)28-13-12-26-11-3-4-21(26)27/h5-6,8-9,14-15H,3-4,11-13H2,1-2H3. The number of hydrogen-bond donors (Lipinski definition) is 0. The molecule has 148 valence electrons. The SMILES string of the molecule is CN(C)c1ccc(C#Cc2nc3cscc3nc2OCCN2CCCC2=O)cc1.